The van der Waals surface area contributed by atoms with E-state index < -0.39 is 0 Å². The molecule has 0 heterocycles. The van der Waals surface area contributed by atoms with Gasteiger partial charge in [-0.05, 0) is 12.8 Å². The van der Waals surface area contributed by atoms with Crippen LogP contribution in [0.15, 0.2) is 0 Å². The summed E-state index contributed by atoms with van der Waals surface area (Å²) >= 11 is 0. The first kappa shape index (κ1) is 45.7. The summed E-state index contributed by atoms with van der Waals surface area (Å²) in [5.74, 6) is -0.283. The lowest BCUT2D eigenvalue weighted by Crippen LogP contribution is -2.15. The van der Waals surface area contributed by atoms with Crippen molar-refractivity contribution < 1.29 is 47.5 Å². The van der Waals surface area contributed by atoms with E-state index in [1.807, 2.05) is 0 Å². The summed E-state index contributed by atoms with van der Waals surface area (Å²) in [6.45, 7) is 10.5. The fourth-order valence-corrected chi connectivity index (χ4v) is 4.76. The largest absolute Gasteiger partial charge is 0.463 e. The van der Waals surface area contributed by atoms with E-state index >= 15 is 0 Å². The zero-order chi connectivity index (χ0) is 34.1. The Balaban J connectivity index is 3.17. The molecule has 0 bridgehead atoms. The lowest BCUT2D eigenvalue weighted by molar-refractivity contribution is -0.146. The third-order valence-electron chi connectivity index (χ3n) is 7.56. The summed E-state index contributed by atoms with van der Waals surface area (Å²) < 4.78 is 43.1. The zero-order valence-corrected chi connectivity index (χ0v) is 30.4. The Labute approximate surface area is 287 Å². The summed E-state index contributed by atoms with van der Waals surface area (Å²) in [6.07, 6.45) is 22.1. The normalized spacial score (nSPS) is 11.3. The van der Waals surface area contributed by atoms with E-state index in [9.17, 15) is 9.59 Å². The van der Waals surface area contributed by atoms with E-state index in [0.29, 0.717) is 92.1 Å². The van der Waals surface area contributed by atoms with Gasteiger partial charge >= 0.3 is 11.9 Å². The molecule has 0 fully saturated rings. The van der Waals surface area contributed by atoms with Crippen LogP contribution in [0.2, 0.25) is 0 Å². The van der Waals surface area contributed by atoms with Gasteiger partial charge in [0.2, 0.25) is 0 Å². The van der Waals surface area contributed by atoms with Gasteiger partial charge in [-0.2, -0.15) is 0 Å². The van der Waals surface area contributed by atoms with Gasteiger partial charge in [-0.1, -0.05) is 110 Å². The second-order valence-corrected chi connectivity index (χ2v) is 11.9. The molecule has 0 N–H and O–H groups in total. The van der Waals surface area contributed by atoms with Crippen LogP contribution in [0.25, 0.3) is 0 Å². The highest BCUT2D eigenvalue weighted by Crippen LogP contribution is 2.13. The molecule has 0 aliphatic rings. The average Bonchev–Trinajstić information content (AvgIpc) is 3.07. The van der Waals surface area contributed by atoms with Crippen molar-refractivity contribution in [1.82, 2.24) is 0 Å². The molecule has 0 aromatic heterocycles. The Morgan fingerprint density at radius 1 is 0.298 bits per heavy atom. The van der Waals surface area contributed by atoms with Crippen LogP contribution in [-0.2, 0) is 47.5 Å². The summed E-state index contributed by atoms with van der Waals surface area (Å²) in [7, 11) is 0. The van der Waals surface area contributed by atoms with Gasteiger partial charge in [-0.15, -0.1) is 0 Å². The Bertz CT molecular complexity index is 634. The molecule has 0 aliphatic heterocycles. The SMILES string of the molecule is CCCCCCCCCCCCCCCC(=O)OCCOCCOCCOCCOCCOCCOCCOC(=O)CCCCCC. The van der Waals surface area contributed by atoms with E-state index in [4.69, 9.17) is 37.9 Å². The number of ether oxygens (including phenoxy) is 8. The third kappa shape index (κ3) is 40.8. The maximum atomic E-state index is 11.8. The number of rotatable bonds is 40. The summed E-state index contributed by atoms with van der Waals surface area (Å²) in [5, 5.41) is 0. The molecule has 0 saturated heterocycles. The lowest BCUT2D eigenvalue weighted by Gasteiger charge is -2.09. The number of hydrogen-bond acceptors (Lipinski definition) is 10. The van der Waals surface area contributed by atoms with Gasteiger partial charge in [-0.3, -0.25) is 9.59 Å². The predicted octanol–water partition coefficient (Wildman–Crippen LogP) is 7.62. The molecule has 0 amide bonds. The fourth-order valence-electron chi connectivity index (χ4n) is 4.76. The second kappa shape index (κ2) is 40.9. The lowest BCUT2D eigenvalue weighted by atomic mass is 10.0. The first-order valence-corrected chi connectivity index (χ1v) is 19.0. The van der Waals surface area contributed by atoms with Crippen molar-refractivity contribution >= 4 is 11.9 Å². The van der Waals surface area contributed by atoms with Crippen molar-refractivity contribution in [3.05, 3.63) is 0 Å². The van der Waals surface area contributed by atoms with Gasteiger partial charge in [0, 0.05) is 12.8 Å². The molecule has 0 aliphatic carbocycles. The first-order valence-electron chi connectivity index (χ1n) is 19.0. The van der Waals surface area contributed by atoms with Gasteiger partial charge in [0.25, 0.3) is 0 Å². The molecule has 0 saturated carbocycles. The Morgan fingerprint density at radius 3 is 0.787 bits per heavy atom. The molecule has 47 heavy (non-hydrogen) atoms. The molecule has 0 aromatic carbocycles. The molecule has 0 radical (unpaired) electrons. The van der Waals surface area contributed by atoms with Gasteiger partial charge in [0.15, 0.2) is 0 Å². The second-order valence-electron chi connectivity index (χ2n) is 11.9. The molecule has 0 unspecified atom stereocenters. The van der Waals surface area contributed by atoms with Gasteiger partial charge in [0.1, 0.15) is 13.2 Å². The number of unbranched alkanes of at least 4 members (excludes halogenated alkanes) is 15. The molecule has 0 aromatic rings. The number of esters is 2. The average molecular weight is 677 g/mol. The van der Waals surface area contributed by atoms with Crippen LogP contribution in [0, 0.1) is 0 Å². The molecule has 280 valence electrons. The fraction of sp³-hybridized carbons (Fsp3) is 0.946. The molecule has 0 atom stereocenters. The van der Waals surface area contributed by atoms with E-state index in [0.717, 1.165) is 38.5 Å². The topological polar surface area (TPSA) is 108 Å². The molecular formula is C37H72O10. The van der Waals surface area contributed by atoms with E-state index in [-0.39, 0.29) is 25.2 Å². The highest BCUT2D eigenvalue weighted by Gasteiger charge is 2.04. The van der Waals surface area contributed by atoms with Crippen LogP contribution in [-0.4, -0.2) is 104 Å². The summed E-state index contributed by atoms with van der Waals surface area (Å²) in [5.41, 5.74) is 0. The van der Waals surface area contributed by atoms with Crippen LogP contribution >= 0.6 is 0 Å². The minimum atomic E-state index is -0.151. The first-order chi connectivity index (χ1) is 23.2. The van der Waals surface area contributed by atoms with E-state index in [2.05, 4.69) is 13.8 Å². The predicted molar refractivity (Wildman–Crippen MR) is 186 cm³/mol. The Morgan fingerprint density at radius 2 is 0.511 bits per heavy atom. The number of carbonyl (C=O) groups excluding carboxylic acids is 2. The van der Waals surface area contributed by atoms with Crippen LogP contribution in [0.3, 0.4) is 0 Å². The number of hydrogen-bond donors (Lipinski definition) is 0. The quantitative estimate of drug-likeness (QED) is 0.0475. The molecule has 0 rings (SSSR count). The minimum absolute atomic E-state index is 0.132. The van der Waals surface area contributed by atoms with Crippen LogP contribution in [0.5, 0.6) is 0 Å². The highest BCUT2D eigenvalue weighted by atomic mass is 16.6. The van der Waals surface area contributed by atoms with Crippen LogP contribution in [0.1, 0.15) is 136 Å². The van der Waals surface area contributed by atoms with E-state index in [1.165, 1.54) is 70.6 Å². The third-order valence-corrected chi connectivity index (χ3v) is 7.56. The van der Waals surface area contributed by atoms with Crippen molar-refractivity contribution in [2.45, 2.75) is 136 Å². The molecule has 0 spiro atoms. The zero-order valence-electron chi connectivity index (χ0n) is 30.4. The summed E-state index contributed by atoms with van der Waals surface area (Å²) in [4.78, 5) is 23.4. The standard InChI is InChI=1S/C37H72O10/c1-3-5-7-9-10-11-12-13-14-15-16-17-19-21-37(39)47-35-33-45-31-29-43-27-25-41-23-22-40-24-26-42-28-30-44-32-34-46-36(38)20-18-8-6-4-2/h3-35H2,1-2H3. The number of carbonyl (C=O) groups is 2. The minimum Gasteiger partial charge on any atom is -0.463 e. The molecular weight excluding hydrogens is 604 g/mol. The van der Waals surface area contributed by atoms with Gasteiger partial charge in [0.05, 0.1) is 79.3 Å². The van der Waals surface area contributed by atoms with Crippen molar-refractivity contribution in [1.29, 1.82) is 0 Å². The monoisotopic (exact) mass is 677 g/mol. The molecule has 10 nitrogen and oxygen atoms in total. The maximum absolute atomic E-state index is 11.8. The Hall–Kier alpha value is -1.30. The van der Waals surface area contributed by atoms with Crippen molar-refractivity contribution in [3.8, 4) is 0 Å². The van der Waals surface area contributed by atoms with Gasteiger partial charge in [-0.25, -0.2) is 0 Å². The summed E-state index contributed by atoms with van der Waals surface area (Å²) in [6, 6.07) is 0. The van der Waals surface area contributed by atoms with Gasteiger partial charge < -0.3 is 37.9 Å². The van der Waals surface area contributed by atoms with Crippen molar-refractivity contribution in [2.75, 3.05) is 92.5 Å². The van der Waals surface area contributed by atoms with E-state index in [1.54, 1.807) is 0 Å². The van der Waals surface area contributed by atoms with Crippen molar-refractivity contribution in [3.63, 3.8) is 0 Å². The Kier molecular flexibility index (Phi) is 39.7. The van der Waals surface area contributed by atoms with Crippen LogP contribution < -0.4 is 0 Å². The smallest absolute Gasteiger partial charge is 0.305 e. The van der Waals surface area contributed by atoms with Crippen LogP contribution in [0.4, 0.5) is 0 Å². The van der Waals surface area contributed by atoms with Crippen molar-refractivity contribution in [2.24, 2.45) is 0 Å². The highest BCUT2D eigenvalue weighted by molar-refractivity contribution is 5.69. The maximum Gasteiger partial charge on any atom is 0.305 e. The molecule has 10 heteroatoms.